The molecule has 0 radical (unpaired) electrons. The number of carboxylic acids is 1. The van der Waals surface area contributed by atoms with Crippen LogP contribution in [-0.4, -0.2) is 33.5 Å². The Hall–Kier alpha value is -2.37. The largest absolute Gasteiger partial charge is 0.481 e. The molecule has 6 heteroatoms. The molecule has 0 atom stereocenters. The molecule has 0 unspecified atom stereocenters. The van der Waals surface area contributed by atoms with Crippen molar-refractivity contribution < 1.29 is 14.7 Å². The van der Waals surface area contributed by atoms with E-state index in [4.69, 9.17) is 5.11 Å². The fourth-order valence-corrected chi connectivity index (χ4v) is 1.70. The molecule has 0 spiro atoms. The zero-order chi connectivity index (χ0) is 13.0. The number of carbonyl (C=O) groups excluding carboxylic acids is 1. The van der Waals surface area contributed by atoms with Crippen molar-refractivity contribution in [1.29, 1.82) is 0 Å². The fraction of sp³-hybridized carbons (Fsp3) is 0.250. The lowest BCUT2D eigenvalue weighted by molar-refractivity contribution is -0.136. The molecule has 94 valence electrons. The first-order valence-electron chi connectivity index (χ1n) is 5.56. The van der Waals surface area contributed by atoms with Crippen molar-refractivity contribution in [2.75, 3.05) is 6.54 Å². The smallest absolute Gasteiger partial charge is 0.305 e. The van der Waals surface area contributed by atoms with Crippen LogP contribution < -0.4 is 5.32 Å². The van der Waals surface area contributed by atoms with E-state index >= 15 is 0 Å². The number of hydrogen-bond donors (Lipinski definition) is 3. The second-order valence-corrected chi connectivity index (χ2v) is 3.88. The lowest BCUT2D eigenvalue weighted by Crippen LogP contribution is -2.27. The van der Waals surface area contributed by atoms with Gasteiger partial charge in [-0.3, -0.25) is 9.59 Å². The average Bonchev–Trinajstić information content (AvgIpc) is 2.72. The third kappa shape index (κ3) is 2.85. The molecule has 2 aromatic rings. The van der Waals surface area contributed by atoms with Crippen molar-refractivity contribution in [2.45, 2.75) is 12.8 Å². The van der Waals surface area contributed by atoms with Crippen molar-refractivity contribution in [3.05, 3.63) is 30.1 Å². The van der Waals surface area contributed by atoms with Gasteiger partial charge in [0.25, 0.3) is 0 Å². The van der Waals surface area contributed by atoms with Gasteiger partial charge in [0.05, 0.1) is 12.8 Å². The maximum absolute atomic E-state index is 11.6. The Balaban J connectivity index is 1.97. The van der Waals surface area contributed by atoms with Crippen LogP contribution >= 0.6 is 0 Å². The number of carboxylic acid groups (broad SMARTS) is 1. The van der Waals surface area contributed by atoms with E-state index in [2.05, 4.69) is 15.3 Å². The van der Waals surface area contributed by atoms with Gasteiger partial charge in [-0.1, -0.05) is 0 Å². The SMILES string of the molecule is O=C(O)CCNC(=O)Cc1c[nH]c2ncccc12. The number of aromatic amines is 1. The molecule has 0 aliphatic rings. The van der Waals surface area contributed by atoms with Crippen LogP contribution in [0.5, 0.6) is 0 Å². The van der Waals surface area contributed by atoms with Crippen LogP contribution in [0.2, 0.25) is 0 Å². The third-order valence-electron chi connectivity index (χ3n) is 2.55. The highest BCUT2D eigenvalue weighted by molar-refractivity contribution is 5.87. The van der Waals surface area contributed by atoms with Gasteiger partial charge in [-0.25, -0.2) is 4.98 Å². The predicted octanol–water partition coefficient (Wildman–Crippen LogP) is 0.696. The number of aliphatic carboxylic acids is 1. The first-order chi connectivity index (χ1) is 8.66. The van der Waals surface area contributed by atoms with E-state index < -0.39 is 5.97 Å². The first-order valence-corrected chi connectivity index (χ1v) is 5.56. The molecule has 2 heterocycles. The van der Waals surface area contributed by atoms with E-state index in [1.807, 2.05) is 12.1 Å². The van der Waals surface area contributed by atoms with Crippen molar-refractivity contribution in [2.24, 2.45) is 0 Å². The van der Waals surface area contributed by atoms with E-state index in [9.17, 15) is 9.59 Å². The highest BCUT2D eigenvalue weighted by Crippen LogP contribution is 2.15. The summed E-state index contributed by atoms with van der Waals surface area (Å²) < 4.78 is 0. The van der Waals surface area contributed by atoms with Crippen molar-refractivity contribution in [3.63, 3.8) is 0 Å². The summed E-state index contributed by atoms with van der Waals surface area (Å²) in [7, 11) is 0. The van der Waals surface area contributed by atoms with E-state index in [1.165, 1.54) is 0 Å². The molecule has 0 bridgehead atoms. The van der Waals surface area contributed by atoms with E-state index in [1.54, 1.807) is 12.4 Å². The Labute approximate surface area is 103 Å². The van der Waals surface area contributed by atoms with Gasteiger partial charge in [0.15, 0.2) is 0 Å². The quantitative estimate of drug-likeness (QED) is 0.724. The normalized spacial score (nSPS) is 10.4. The van der Waals surface area contributed by atoms with Gasteiger partial charge in [0.1, 0.15) is 5.65 Å². The molecule has 0 aliphatic heterocycles. The van der Waals surface area contributed by atoms with Crippen LogP contribution in [0.25, 0.3) is 11.0 Å². The molecule has 18 heavy (non-hydrogen) atoms. The van der Waals surface area contributed by atoms with Crippen LogP contribution in [0.3, 0.4) is 0 Å². The second-order valence-electron chi connectivity index (χ2n) is 3.88. The molecule has 0 aliphatic carbocycles. The molecule has 0 fully saturated rings. The number of fused-ring (bicyclic) bond motifs is 1. The molecule has 2 rings (SSSR count). The summed E-state index contributed by atoms with van der Waals surface area (Å²) in [6.45, 7) is 0.148. The Kier molecular flexibility index (Phi) is 3.57. The van der Waals surface area contributed by atoms with Gasteiger partial charge < -0.3 is 15.4 Å². The lowest BCUT2D eigenvalue weighted by Gasteiger charge is -2.02. The van der Waals surface area contributed by atoms with Crippen LogP contribution in [0.4, 0.5) is 0 Å². The summed E-state index contributed by atoms with van der Waals surface area (Å²) in [6.07, 6.45) is 3.57. The van der Waals surface area contributed by atoms with Gasteiger partial charge in [-0.15, -0.1) is 0 Å². The zero-order valence-electron chi connectivity index (χ0n) is 9.64. The molecule has 3 N–H and O–H groups in total. The summed E-state index contributed by atoms with van der Waals surface area (Å²) >= 11 is 0. The molecular weight excluding hydrogens is 234 g/mol. The van der Waals surface area contributed by atoms with E-state index in [0.717, 1.165) is 16.6 Å². The summed E-state index contributed by atoms with van der Waals surface area (Å²) in [4.78, 5) is 29.0. The Bertz CT molecular complexity index is 577. The minimum atomic E-state index is -0.924. The number of nitrogens with one attached hydrogen (secondary N) is 2. The highest BCUT2D eigenvalue weighted by Gasteiger charge is 2.09. The van der Waals surface area contributed by atoms with Gasteiger partial charge in [-0.2, -0.15) is 0 Å². The van der Waals surface area contributed by atoms with Crippen LogP contribution in [-0.2, 0) is 16.0 Å². The Morgan fingerprint density at radius 2 is 2.28 bits per heavy atom. The molecular formula is C12H13N3O3. The summed E-state index contributed by atoms with van der Waals surface area (Å²) in [5, 5.41) is 11.9. The topological polar surface area (TPSA) is 95.1 Å². The van der Waals surface area contributed by atoms with Gasteiger partial charge in [-0.05, 0) is 17.7 Å². The number of amides is 1. The van der Waals surface area contributed by atoms with Crippen LogP contribution in [0.15, 0.2) is 24.5 Å². The number of nitrogens with zero attached hydrogens (tertiary/aromatic N) is 1. The fourth-order valence-electron chi connectivity index (χ4n) is 1.70. The minimum absolute atomic E-state index is 0.0683. The maximum Gasteiger partial charge on any atom is 0.305 e. The van der Waals surface area contributed by atoms with Gasteiger partial charge >= 0.3 is 5.97 Å². The Morgan fingerprint density at radius 1 is 1.44 bits per heavy atom. The highest BCUT2D eigenvalue weighted by atomic mass is 16.4. The zero-order valence-corrected chi connectivity index (χ0v) is 9.64. The molecule has 0 saturated carbocycles. The predicted molar refractivity (Wildman–Crippen MR) is 65.1 cm³/mol. The van der Waals surface area contributed by atoms with E-state index in [-0.39, 0.29) is 25.3 Å². The minimum Gasteiger partial charge on any atom is -0.481 e. The number of H-pyrrole nitrogens is 1. The summed E-state index contributed by atoms with van der Waals surface area (Å²) in [5.74, 6) is -1.12. The molecule has 2 aromatic heterocycles. The van der Waals surface area contributed by atoms with Crippen molar-refractivity contribution >= 4 is 22.9 Å². The molecule has 6 nitrogen and oxygen atoms in total. The number of carbonyl (C=O) groups is 2. The number of aromatic nitrogens is 2. The van der Waals surface area contributed by atoms with Gasteiger partial charge in [0.2, 0.25) is 5.91 Å². The molecule has 0 saturated heterocycles. The number of hydrogen-bond acceptors (Lipinski definition) is 3. The second kappa shape index (κ2) is 5.31. The van der Waals surface area contributed by atoms with Crippen LogP contribution in [0, 0.1) is 0 Å². The average molecular weight is 247 g/mol. The van der Waals surface area contributed by atoms with Crippen LogP contribution in [0.1, 0.15) is 12.0 Å². The number of pyridine rings is 1. The summed E-state index contributed by atoms with van der Waals surface area (Å²) in [6, 6.07) is 3.70. The van der Waals surface area contributed by atoms with Crippen molar-refractivity contribution in [1.82, 2.24) is 15.3 Å². The van der Waals surface area contributed by atoms with Gasteiger partial charge in [0, 0.05) is 24.3 Å². The lowest BCUT2D eigenvalue weighted by atomic mass is 10.1. The monoisotopic (exact) mass is 247 g/mol. The maximum atomic E-state index is 11.6. The van der Waals surface area contributed by atoms with Crippen molar-refractivity contribution in [3.8, 4) is 0 Å². The number of rotatable bonds is 5. The molecule has 1 amide bonds. The standard InChI is InChI=1S/C12H13N3O3/c16-10(13-5-3-11(17)18)6-8-7-15-12-9(8)2-1-4-14-12/h1-2,4,7H,3,5-6H2,(H,13,16)(H,14,15)(H,17,18). The van der Waals surface area contributed by atoms with E-state index in [0.29, 0.717) is 0 Å². The molecule has 0 aromatic carbocycles. The Morgan fingerprint density at radius 3 is 3.06 bits per heavy atom. The summed E-state index contributed by atoms with van der Waals surface area (Å²) in [5.41, 5.74) is 1.59. The first kappa shape index (κ1) is 12.1. The third-order valence-corrected chi connectivity index (χ3v) is 2.55.